The third kappa shape index (κ3) is 5.03. The third-order valence-electron chi connectivity index (χ3n) is 7.03. The Morgan fingerprint density at radius 1 is 1.00 bits per heavy atom. The van der Waals surface area contributed by atoms with Gasteiger partial charge in [-0.25, -0.2) is 4.79 Å². The lowest BCUT2D eigenvalue weighted by Gasteiger charge is -2.37. The van der Waals surface area contributed by atoms with Gasteiger partial charge in [0.1, 0.15) is 0 Å². The summed E-state index contributed by atoms with van der Waals surface area (Å²) in [7, 11) is 3.22. The molecule has 0 radical (unpaired) electrons. The summed E-state index contributed by atoms with van der Waals surface area (Å²) in [5.41, 5.74) is 5.84. The molecule has 1 heterocycles. The number of rotatable bonds is 8. The summed E-state index contributed by atoms with van der Waals surface area (Å²) in [5.74, 6) is 0.526. The number of ether oxygens (including phenoxy) is 3. The number of methoxy groups -OCH3 is 2. The highest BCUT2D eigenvalue weighted by molar-refractivity contribution is 6.04. The van der Waals surface area contributed by atoms with Crippen LogP contribution in [0.1, 0.15) is 68.1 Å². The lowest BCUT2D eigenvalue weighted by Crippen LogP contribution is -2.36. The van der Waals surface area contributed by atoms with Gasteiger partial charge < -0.3 is 19.5 Å². The Morgan fingerprint density at radius 3 is 2.47 bits per heavy atom. The van der Waals surface area contributed by atoms with E-state index in [9.17, 15) is 9.59 Å². The SMILES string of the molecule is CCCCOC(=O)C1=C(C)NC2=C(C(=O)C[C@H](c3ccc(OC)c(OC)c3)C2)[C@H]1c1cccc(C)c1. The molecule has 2 aromatic rings. The highest BCUT2D eigenvalue weighted by Gasteiger charge is 2.41. The fraction of sp³-hybridized carbons (Fsp3) is 0.400. The molecule has 190 valence electrons. The molecule has 1 aliphatic heterocycles. The van der Waals surface area contributed by atoms with Crippen LogP contribution in [0.15, 0.2) is 65.0 Å². The molecule has 0 saturated carbocycles. The van der Waals surface area contributed by atoms with Crippen molar-refractivity contribution in [1.29, 1.82) is 0 Å². The zero-order valence-electron chi connectivity index (χ0n) is 21.8. The van der Waals surface area contributed by atoms with Crippen molar-refractivity contribution < 1.29 is 23.8 Å². The largest absolute Gasteiger partial charge is 0.493 e. The number of hydrogen-bond donors (Lipinski definition) is 1. The van der Waals surface area contributed by atoms with Gasteiger partial charge in [-0.2, -0.15) is 0 Å². The molecule has 6 heteroatoms. The first-order valence-electron chi connectivity index (χ1n) is 12.6. The van der Waals surface area contributed by atoms with E-state index in [1.807, 2.05) is 50.2 Å². The maximum Gasteiger partial charge on any atom is 0.336 e. The zero-order valence-corrected chi connectivity index (χ0v) is 21.8. The Labute approximate surface area is 213 Å². The minimum atomic E-state index is -0.450. The first-order valence-corrected chi connectivity index (χ1v) is 12.6. The van der Waals surface area contributed by atoms with Crippen LogP contribution in [0.4, 0.5) is 0 Å². The van der Waals surface area contributed by atoms with Gasteiger partial charge in [0.15, 0.2) is 17.3 Å². The number of Topliss-reactive ketones (excluding diaryl/α,β-unsaturated/α-hetero) is 1. The van der Waals surface area contributed by atoms with E-state index in [1.54, 1.807) is 14.2 Å². The van der Waals surface area contributed by atoms with E-state index in [4.69, 9.17) is 14.2 Å². The van der Waals surface area contributed by atoms with E-state index in [0.29, 0.717) is 42.1 Å². The highest BCUT2D eigenvalue weighted by atomic mass is 16.5. The van der Waals surface area contributed by atoms with Crippen LogP contribution in [-0.2, 0) is 14.3 Å². The quantitative estimate of drug-likeness (QED) is 0.378. The number of dihydropyridines is 1. The second-order valence-electron chi connectivity index (χ2n) is 9.54. The van der Waals surface area contributed by atoms with Gasteiger partial charge in [-0.3, -0.25) is 4.79 Å². The molecule has 2 aliphatic rings. The smallest absolute Gasteiger partial charge is 0.336 e. The summed E-state index contributed by atoms with van der Waals surface area (Å²) in [6.45, 7) is 6.34. The number of carbonyl (C=O) groups is 2. The van der Waals surface area contributed by atoms with Crippen molar-refractivity contribution in [2.45, 2.75) is 58.3 Å². The van der Waals surface area contributed by atoms with E-state index in [-0.39, 0.29) is 17.7 Å². The molecule has 0 saturated heterocycles. The van der Waals surface area contributed by atoms with Crippen LogP contribution in [-0.4, -0.2) is 32.6 Å². The van der Waals surface area contributed by atoms with Gasteiger partial charge in [0.05, 0.1) is 26.4 Å². The molecular weight excluding hydrogens is 454 g/mol. The number of carbonyl (C=O) groups excluding carboxylic acids is 2. The molecule has 6 nitrogen and oxygen atoms in total. The lowest BCUT2D eigenvalue weighted by atomic mass is 9.71. The normalized spacial score (nSPS) is 19.5. The van der Waals surface area contributed by atoms with E-state index in [2.05, 4.69) is 18.3 Å². The van der Waals surface area contributed by atoms with Crippen molar-refractivity contribution in [1.82, 2.24) is 5.32 Å². The van der Waals surface area contributed by atoms with Crippen molar-refractivity contribution >= 4 is 11.8 Å². The predicted molar refractivity (Wildman–Crippen MR) is 139 cm³/mol. The number of allylic oxidation sites excluding steroid dienone is 3. The van der Waals surface area contributed by atoms with Crippen LogP contribution in [0.3, 0.4) is 0 Å². The monoisotopic (exact) mass is 489 g/mol. The van der Waals surface area contributed by atoms with Crippen molar-refractivity contribution in [3.63, 3.8) is 0 Å². The fourth-order valence-corrected chi connectivity index (χ4v) is 5.22. The molecule has 4 rings (SSSR count). The first-order chi connectivity index (χ1) is 17.4. The number of benzene rings is 2. The Balaban J connectivity index is 1.74. The predicted octanol–water partition coefficient (Wildman–Crippen LogP) is 5.72. The van der Waals surface area contributed by atoms with Gasteiger partial charge >= 0.3 is 5.97 Å². The van der Waals surface area contributed by atoms with Crippen LogP contribution in [0.2, 0.25) is 0 Å². The number of unbranched alkanes of at least 4 members (excludes halogenated alkanes) is 1. The van der Waals surface area contributed by atoms with Crippen LogP contribution in [0, 0.1) is 6.92 Å². The molecular formula is C30H35NO5. The van der Waals surface area contributed by atoms with Gasteiger partial charge in [0.2, 0.25) is 0 Å². The summed E-state index contributed by atoms with van der Waals surface area (Å²) in [4.78, 5) is 27.0. The van der Waals surface area contributed by atoms with Gasteiger partial charge in [-0.1, -0.05) is 49.2 Å². The van der Waals surface area contributed by atoms with Crippen LogP contribution >= 0.6 is 0 Å². The summed E-state index contributed by atoms with van der Waals surface area (Å²) >= 11 is 0. The second kappa shape index (κ2) is 11.0. The Kier molecular flexibility index (Phi) is 7.82. The molecule has 36 heavy (non-hydrogen) atoms. The van der Waals surface area contributed by atoms with Crippen LogP contribution in [0.5, 0.6) is 11.5 Å². The van der Waals surface area contributed by atoms with Gasteiger partial charge in [0.25, 0.3) is 0 Å². The number of nitrogens with one attached hydrogen (secondary N) is 1. The average Bonchev–Trinajstić information content (AvgIpc) is 2.87. The summed E-state index contributed by atoms with van der Waals surface area (Å²) in [6.07, 6.45) is 2.76. The maximum absolute atomic E-state index is 13.8. The average molecular weight is 490 g/mol. The fourth-order valence-electron chi connectivity index (χ4n) is 5.22. The summed E-state index contributed by atoms with van der Waals surface area (Å²) in [6, 6.07) is 13.9. The summed E-state index contributed by atoms with van der Waals surface area (Å²) in [5, 5.41) is 3.42. The number of aryl methyl sites for hydroxylation is 1. The Morgan fingerprint density at radius 2 is 1.78 bits per heavy atom. The van der Waals surface area contributed by atoms with Crippen LogP contribution in [0.25, 0.3) is 0 Å². The Bertz CT molecular complexity index is 1230. The molecule has 2 atom stereocenters. The molecule has 2 aromatic carbocycles. The van der Waals surface area contributed by atoms with Crippen molar-refractivity contribution in [3.8, 4) is 11.5 Å². The molecule has 1 aliphatic carbocycles. The van der Waals surface area contributed by atoms with Gasteiger partial charge in [-0.05, 0) is 55.9 Å². The zero-order chi connectivity index (χ0) is 25.8. The third-order valence-corrected chi connectivity index (χ3v) is 7.03. The van der Waals surface area contributed by atoms with E-state index >= 15 is 0 Å². The number of ketones is 1. The second-order valence-corrected chi connectivity index (χ2v) is 9.54. The lowest BCUT2D eigenvalue weighted by molar-refractivity contribution is -0.139. The number of hydrogen-bond acceptors (Lipinski definition) is 6. The summed E-state index contributed by atoms with van der Waals surface area (Å²) < 4.78 is 16.5. The van der Waals surface area contributed by atoms with Crippen LogP contribution < -0.4 is 14.8 Å². The van der Waals surface area contributed by atoms with Crippen molar-refractivity contribution in [3.05, 3.63) is 81.7 Å². The van der Waals surface area contributed by atoms with Gasteiger partial charge in [-0.15, -0.1) is 0 Å². The molecule has 0 spiro atoms. The molecule has 0 fully saturated rings. The molecule has 0 amide bonds. The maximum atomic E-state index is 13.8. The van der Waals surface area contributed by atoms with Gasteiger partial charge in [0, 0.05) is 29.3 Å². The Hall–Kier alpha value is -3.54. The minimum absolute atomic E-state index is 0.00688. The molecule has 1 N–H and O–H groups in total. The standard InChI is InChI=1S/C30H35NO5/c1-6-7-13-36-30(33)27-19(3)31-23-15-22(20-11-12-25(34-4)26(17-20)35-5)16-24(32)29(23)28(27)21-10-8-9-18(2)14-21/h8-12,14,17,22,28,31H,6-7,13,15-16H2,1-5H3/t22-,28+/m1/s1. The highest BCUT2D eigenvalue weighted by Crippen LogP contribution is 2.46. The van der Waals surface area contributed by atoms with Crippen molar-refractivity contribution in [2.75, 3.05) is 20.8 Å². The van der Waals surface area contributed by atoms with E-state index in [1.165, 1.54) is 0 Å². The number of esters is 1. The molecule has 0 unspecified atom stereocenters. The molecule has 0 aromatic heterocycles. The van der Waals surface area contributed by atoms with E-state index < -0.39 is 5.92 Å². The van der Waals surface area contributed by atoms with Crippen molar-refractivity contribution in [2.24, 2.45) is 0 Å². The first kappa shape index (κ1) is 25.5. The molecule has 0 bridgehead atoms. The minimum Gasteiger partial charge on any atom is -0.493 e. The van der Waals surface area contributed by atoms with E-state index in [0.717, 1.165) is 40.9 Å². The topological polar surface area (TPSA) is 73.9 Å².